The molecule has 0 aliphatic heterocycles. The molecule has 1 unspecified atom stereocenters. The lowest BCUT2D eigenvalue weighted by molar-refractivity contribution is 0.0538. The van der Waals surface area contributed by atoms with Gasteiger partial charge in [-0.2, -0.15) is 0 Å². The van der Waals surface area contributed by atoms with Crippen molar-refractivity contribution in [2.45, 2.75) is 72.8 Å². The zero-order valence-electron chi connectivity index (χ0n) is 10.2. The first-order valence-electron chi connectivity index (χ1n) is 5.88. The molecule has 1 nitrogen and oxygen atoms in total. The van der Waals surface area contributed by atoms with E-state index in [0.29, 0.717) is 6.10 Å². The van der Waals surface area contributed by atoms with Gasteiger partial charge in [-0.25, -0.2) is 0 Å². The molecule has 0 saturated carbocycles. The van der Waals surface area contributed by atoms with Gasteiger partial charge in [-0.3, -0.25) is 0 Å². The van der Waals surface area contributed by atoms with E-state index in [-0.39, 0.29) is 0 Å². The average molecular weight is 188 g/mol. The smallest absolute Gasteiger partial charge is 0.0572 e. The van der Waals surface area contributed by atoms with E-state index in [0.717, 1.165) is 13.0 Å². The van der Waals surface area contributed by atoms with Gasteiger partial charge in [-0.1, -0.05) is 47.0 Å². The molecular weight excluding hydrogens is 160 g/mol. The Morgan fingerprint density at radius 3 is 1.62 bits per heavy atom. The Kier molecular flexibility index (Phi) is 17.2. The molecule has 82 valence electrons. The number of hydrogen-bond acceptors (Lipinski definition) is 1. The van der Waals surface area contributed by atoms with Crippen LogP contribution in [0.25, 0.3) is 0 Å². The van der Waals surface area contributed by atoms with E-state index in [4.69, 9.17) is 4.74 Å². The maximum Gasteiger partial charge on any atom is 0.0572 e. The summed E-state index contributed by atoms with van der Waals surface area (Å²) in [6, 6.07) is 0. The van der Waals surface area contributed by atoms with E-state index in [1.165, 1.54) is 25.7 Å². The molecule has 0 rings (SSSR count). The molecule has 1 heteroatoms. The van der Waals surface area contributed by atoms with Crippen LogP contribution >= 0.6 is 0 Å². The lowest BCUT2D eigenvalue weighted by atomic mass is 10.2. The van der Waals surface area contributed by atoms with Gasteiger partial charge in [-0.15, -0.1) is 0 Å². The summed E-state index contributed by atoms with van der Waals surface area (Å²) in [5, 5.41) is 0. The van der Waals surface area contributed by atoms with E-state index >= 15 is 0 Å². The van der Waals surface area contributed by atoms with Crippen LogP contribution in [0.2, 0.25) is 0 Å². The minimum Gasteiger partial charge on any atom is -0.379 e. The summed E-state index contributed by atoms with van der Waals surface area (Å²) >= 11 is 0. The van der Waals surface area contributed by atoms with Crippen molar-refractivity contribution in [1.29, 1.82) is 0 Å². The van der Waals surface area contributed by atoms with Gasteiger partial charge in [0.1, 0.15) is 0 Å². The molecule has 0 amide bonds. The van der Waals surface area contributed by atoms with Crippen molar-refractivity contribution < 1.29 is 4.74 Å². The first kappa shape index (κ1) is 15.4. The average Bonchev–Trinajstić information content (AvgIpc) is 2.18. The Hall–Kier alpha value is -0.0400. The van der Waals surface area contributed by atoms with E-state index in [1.807, 2.05) is 0 Å². The van der Waals surface area contributed by atoms with E-state index < -0.39 is 0 Å². The van der Waals surface area contributed by atoms with E-state index in [1.54, 1.807) is 0 Å². The van der Waals surface area contributed by atoms with Crippen molar-refractivity contribution >= 4 is 0 Å². The Morgan fingerprint density at radius 2 is 1.38 bits per heavy atom. The minimum atomic E-state index is 0.514. The van der Waals surface area contributed by atoms with Crippen LogP contribution in [0.15, 0.2) is 0 Å². The predicted molar refractivity (Wildman–Crippen MR) is 61.2 cm³/mol. The van der Waals surface area contributed by atoms with Crippen molar-refractivity contribution in [3.63, 3.8) is 0 Å². The second-order valence-electron chi connectivity index (χ2n) is 3.27. The van der Waals surface area contributed by atoms with Crippen LogP contribution in [0.4, 0.5) is 0 Å². The van der Waals surface area contributed by atoms with Gasteiger partial charge < -0.3 is 4.74 Å². The maximum absolute atomic E-state index is 5.43. The SMILES string of the molecule is CCCC.CCCC(CC)OCC. The molecule has 0 aromatic carbocycles. The van der Waals surface area contributed by atoms with Gasteiger partial charge in [0, 0.05) is 6.61 Å². The summed E-state index contributed by atoms with van der Waals surface area (Å²) < 4.78 is 5.43. The molecule has 0 spiro atoms. The molecule has 0 aromatic rings. The molecule has 0 heterocycles. The van der Waals surface area contributed by atoms with Crippen molar-refractivity contribution in [1.82, 2.24) is 0 Å². The number of ether oxygens (including phenoxy) is 1. The molecule has 0 radical (unpaired) electrons. The summed E-state index contributed by atoms with van der Waals surface area (Å²) in [5.41, 5.74) is 0. The Balaban J connectivity index is 0. The molecule has 0 aliphatic carbocycles. The highest BCUT2D eigenvalue weighted by Gasteiger charge is 2.01. The third kappa shape index (κ3) is 14.8. The quantitative estimate of drug-likeness (QED) is 0.600. The zero-order valence-corrected chi connectivity index (χ0v) is 10.2. The van der Waals surface area contributed by atoms with E-state index in [9.17, 15) is 0 Å². The second kappa shape index (κ2) is 14.5. The molecular formula is C12H28O. The van der Waals surface area contributed by atoms with Crippen molar-refractivity contribution in [3.05, 3.63) is 0 Å². The molecule has 0 aromatic heterocycles. The van der Waals surface area contributed by atoms with Crippen LogP contribution in [0, 0.1) is 0 Å². The number of rotatable bonds is 6. The summed E-state index contributed by atoms with van der Waals surface area (Å²) in [7, 11) is 0. The van der Waals surface area contributed by atoms with Crippen LogP contribution in [0.1, 0.15) is 66.7 Å². The second-order valence-corrected chi connectivity index (χ2v) is 3.27. The van der Waals surface area contributed by atoms with Crippen molar-refractivity contribution in [3.8, 4) is 0 Å². The van der Waals surface area contributed by atoms with Crippen LogP contribution in [0.5, 0.6) is 0 Å². The highest BCUT2D eigenvalue weighted by Crippen LogP contribution is 2.04. The highest BCUT2D eigenvalue weighted by atomic mass is 16.5. The van der Waals surface area contributed by atoms with Crippen molar-refractivity contribution in [2.24, 2.45) is 0 Å². The van der Waals surface area contributed by atoms with Gasteiger partial charge in [-0.05, 0) is 19.8 Å². The largest absolute Gasteiger partial charge is 0.379 e. The summed E-state index contributed by atoms with van der Waals surface area (Å²) in [5.74, 6) is 0. The normalized spacial score (nSPS) is 11.8. The summed E-state index contributed by atoms with van der Waals surface area (Å²) in [6.07, 6.45) is 6.75. The summed E-state index contributed by atoms with van der Waals surface area (Å²) in [4.78, 5) is 0. The molecule has 0 fully saturated rings. The molecule has 0 saturated heterocycles. The fourth-order valence-corrected chi connectivity index (χ4v) is 0.963. The molecule has 1 atom stereocenters. The fourth-order valence-electron chi connectivity index (χ4n) is 0.963. The summed E-state index contributed by atoms with van der Waals surface area (Å²) in [6.45, 7) is 11.6. The Bertz CT molecular complexity index is 63.5. The molecule has 0 N–H and O–H groups in total. The Morgan fingerprint density at radius 1 is 0.846 bits per heavy atom. The van der Waals surface area contributed by atoms with Gasteiger partial charge >= 0.3 is 0 Å². The first-order valence-corrected chi connectivity index (χ1v) is 5.88. The molecule has 13 heavy (non-hydrogen) atoms. The van der Waals surface area contributed by atoms with Crippen molar-refractivity contribution in [2.75, 3.05) is 6.61 Å². The predicted octanol–water partition coefficient (Wildman–Crippen LogP) is 4.41. The van der Waals surface area contributed by atoms with Gasteiger partial charge in [0.05, 0.1) is 6.10 Å². The van der Waals surface area contributed by atoms with Crippen LogP contribution in [0.3, 0.4) is 0 Å². The molecule has 0 aliphatic rings. The lowest BCUT2D eigenvalue weighted by Crippen LogP contribution is -2.10. The minimum absolute atomic E-state index is 0.514. The van der Waals surface area contributed by atoms with Crippen LogP contribution in [-0.4, -0.2) is 12.7 Å². The van der Waals surface area contributed by atoms with E-state index in [2.05, 4.69) is 34.6 Å². The lowest BCUT2D eigenvalue weighted by Gasteiger charge is -2.12. The number of hydrogen-bond donors (Lipinski definition) is 0. The van der Waals surface area contributed by atoms with Crippen LogP contribution < -0.4 is 0 Å². The monoisotopic (exact) mass is 188 g/mol. The standard InChI is InChI=1S/C8H18O.C4H10/c1-4-7-8(5-2)9-6-3;1-3-4-2/h8H,4-7H2,1-3H3;3-4H2,1-2H3. The third-order valence-corrected chi connectivity index (χ3v) is 1.97. The van der Waals surface area contributed by atoms with Gasteiger partial charge in [0.2, 0.25) is 0 Å². The topological polar surface area (TPSA) is 9.23 Å². The van der Waals surface area contributed by atoms with Gasteiger partial charge in [0.25, 0.3) is 0 Å². The van der Waals surface area contributed by atoms with Crippen LogP contribution in [-0.2, 0) is 4.74 Å². The Labute approximate surface area is 84.9 Å². The third-order valence-electron chi connectivity index (χ3n) is 1.97. The number of unbranched alkanes of at least 4 members (excludes halogenated alkanes) is 1. The maximum atomic E-state index is 5.43. The highest BCUT2D eigenvalue weighted by molar-refractivity contribution is 4.52. The fraction of sp³-hybridized carbons (Fsp3) is 1.00. The zero-order chi connectivity index (χ0) is 10.5. The van der Waals surface area contributed by atoms with Gasteiger partial charge in [0.15, 0.2) is 0 Å². The first-order chi connectivity index (χ1) is 6.26. The molecule has 0 bridgehead atoms.